The molecule has 0 spiro atoms. The fourth-order valence-electron chi connectivity index (χ4n) is 5.00. The van der Waals surface area contributed by atoms with Gasteiger partial charge in [0.2, 0.25) is 0 Å². The zero-order valence-corrected chi connectivity index (χ0v) is 22.2. The van der Waals surface area contributed by atoms with Gasteiger partial charge >= 0.3 is 11.4 Å². The second-order valence-electron chi connectivity index (χ2n) is 8.23. The summed E-state index contributed by atoms with van der Waals surface area (Å²) in [6.45, 7) is 16.0. The highest BCUT2D eigenvalue weighted by atomic mass is 16.2. The largest absolute Gasteiger partial charge is 0.353 e. The summed E-state index contributed by atoms with van der Waals surface area (Å²) in [5, 5.41) is 2.25. The number of fused-ring (bicyclic) bond motifs is 1. The summed E-state index contributed by atoms with van der Waals surface area (Å²) in [4.78, 5) is 27.0. The first-order chi connectivity index (χ1) is 16.9. The Morgan fingerprint density at radius 2 is 0.943 bits per heavy atom. The number of hydrogen-bond acceptors (Lipinski definition) is 2. The molecule has 2 aliphatic heterocycles. The smallest absolute Gasteiger partial charge is 0.245 e. The minimum Gasteiger partial charge on any atom is -0.245 e. The Balaban J connectivity index is 0.000000533. The van der Waals surface area contributed by atoms with Crippen molar-refractivity contribution in [2.45, 2.75) is 66.5 Å². The first-order valence-corrected chi connectivity index (χ1v) is 12.7. The van der Waals surface area contributed by atoms with Crippen LogP contribution >= 0.6 is 0 Å². The van der Waals surface area contributed by atoms with Gasteiger partial charge in [-0.1, -0.05) is 96.2 Å². The van der Waals surface area contributed by atoms with Crippen molar-refractivity contribution in [3.8, 4) is 5.69 Å². The summed E-state index contributed by atoms with van der Waals surface area (Å²) >= 11 is 0. The molecule has 5 heteroatoms. The molecule has 3 aromatic carbocycles. The third-order valence-electron chi connectivity index (χ3n) is 6.55. The summed E-state index contributed by atoms with van der Waals surface area (Å²) in [6.07, 6.45) is 4.11. The van der Waals surface area contributed by atoms with Gasteiger partial charge in [0.05, 0.1) is 5.69 Å². The van der Waals surface area contributed by atoms with Gasteiger partial charge in [0.15, 0.2) is 0 Å². The zero-order valence-electron chi connectivity index (χ0n) is 22.2. The van der Waals surface area contributed by atoms with Crippen molar-refractivity contribution in [3.63, 3.8) is 0 Å². The van der Waals surface area contributed by atoms with Crippen LogP contribution in [0.5, 0.6) is 0 Å². The number of aromatic nitrogens is 3. The lowest BCUT2D eigenvalue weighted by atomic mass is 9.72. The molecular weight excluding hydrogens is 434 g/mol. The maximum absolute atomic E-state index is 13.5. The average molecular weight is 472 g/mol. The van der Waals surface area contributed by atoms with Gasteiger partial charge in [-0.2, -0.15) is 0 Å². The van der Waals surface area contributed by atoms with Crippen LogP contribution < -0.4 is 11.4 Å². The molecule has 2 atom stereocenters. The highest BCUT2D eigenvalue weighted by molar-refractivity contribution is 5.85. The SMILES string of the molecule is CC.CC.CC.CC12C=CC(C)(c3cc4ccccc4cc31)n1c(=O)n(-c3ccccc3)c(=O)n12. The maximum atomic E-state index is 13.5. The number of hydrogen-bond donors (Lipinski definition) is 0. The van der Waals surface area contributed by atoms with Crippen molar-refractivity contribution in [1.29, 1.82) is 0 Å². The Kier molecular flexibility index (Phi) is 7.39. The van der Waals surface area contributed by atoms with Crippen LogP contribution in [-0.4, -0.2) is 13.9 Å². The molecule has 0 radical (unpaired) electrons. The maximum Gasteiger partial charge on any atom is 0.353 e. The van der Waals surface area contributed by atoms with Crippen molar-refractivity contribution in [1.82, 2.24) is 13.9 Å². The molecule has 2 bridgehead atoms. The number of nitrogens with zero attached hydrogens (tertiary/aromatic N) is 3. The van der Waals surface area contributed by atoms with Crippen LogP contribution in [0.4, 0.5) is 0 Å². The van der Waals surface area contributed by atoms with E-state index in [4.69, 9.17) is 0 Å². The monoisotopic (exact) mass is 471 g/mol. The van der Waals surface area contributed by atoms with E-state index in [2.05, 4.69) is 36.4 Å². The molecule has 3 aliphatic rings. The lowest BCUT2D eigenvalue weighted by Gasteiger charge is -2.48. The van der Waals surface area contributed by atoms with Crippen LogP contribution in [0.2, 0.25) is 0 Å². The molecule has 1 aromatic heterocycles. The summed E-state index contributed by atoms with van der Waals surface area (Å²) in [7, 11) is 0. The van der Waals surface area contributed by atoms with Gasteiger partial charge in [-0.05, 0) is 60.0 Å². The van der Waals surface area contributed by atoms with Crippen LogP contribution in [0.1, 0.15) is 66.5 Å². The van der Waals surface area contributed by atoms with Gasteiger partial charge in [-0.15, -0.1) is 0 Å². The van der Waals surface area contributed by atoms with Crippen molar-refractivity contribution >= 4 is 10.8 Å². The molecule has 2 unspecified atom stereocenters. The fourth-order valence-corrected chi connectivity index (χ4v) is 5.00. The summed E-state index contributed by atoms with van der Waals surface area (Å²) in [5.41, 5.74) is 0.608. The van der Waals surface area contributed by atoms with Crippen molar-refractivity contribution < 1.29 is 0 Å². The molecular formula is C30H37N3O2. The minimum atomic E-state index is -0.729. The van der Waals surface area contributed by atoms with E-state index in [1.165, 1.54) is 4.57 Å². The number of allylic oxidation sites excluding steroid dienone is 2. The van der Waals surface area contributed by atoms with Crippen LogP contribution in [0, 0.1) is 0 Å². The van der Waals surface area contributed by atoms with Gasteiger partial charge in [0.1, 0.15) is 11.1 Å². The standard InChI is InChI=1S/C24H19N3O2.3C2H6/c1-23-12-13-24(2,20-15-17-9-7-6-8-16(17)14-19(20)23)27-22(29)25(21(28)26(23)27)18-10-4-3-5-11-18;3*1-2/h3-15H,1-2H3;3*1-2H3. The van der Waals surface area contributed by atoms with Crippen LogP contribution in [0.25, 0.3) is 16.5 Å². The van der Waals surface area contributed by atoms with E-state index in [1.807, 2.05) is 85.7 Å². The van der Waals surface area contributed by atoms with Crippen LogP contribution in [0.15, 0.2) is 88.5 Å². The average Bonchev–Trinajstić information content (AvgIpc) is 3.21. The van der Waals surface area contributed by atoms with Crippen molar-refractivity contribution in [3.05, 3.63) is 111 Å². The second-order valence-corrected chi connectivity index (χ2v) is 8.23. The Morgan fingerprint density at radius 1 is 0.571 bits per heavy atom. The molecule has 35 heavy (non-hydrogen) atoms. The van der Waals surface area contributed by atoms with E-state index >= 15 is 0 Å². The molecule has 4 aromatic rings. The van der Waals surface area contributed by atoms with Crippen LogP contribution in [-0.2, 0) is 11.1 Å². The molecule has 0 fully saturated rings. The van der Waals surface area contributed by atoms with Crippen molar-refractivity contribution in [2.75, 3.05) is 0 Å². The normalized spacial score (nSPS) is 20.3. The molecule has 3 heterocycles. The van der Waals surface area contributed by atoms with Crippen molar-refractivity contribution in [2.24, 2.45) is 0 Å². The minimum absolute atomic E-state index is 0.321. The summed E-state index contributed by atoms with van der Waals surface area (Å²) in [6, 6.07) is 21.6. The first-order valence-electron chi connectivity index (χ1n) is 12.7. The lowest BCUT2D eigenvalue weighted by Crippen LogP contribution is -2.57. The molecule has 0 amide bonds. The predicted molar refractivity (Wildman–Crippen MR) is 147 cm³/mol. The Hall–Kier alpha value is -3.60. The fraction of sp³-hybridized carbons (Fsp3) is 0.333. The van der Waals surface area contributed by atoms with E-state index < -0.39 is 11.1 Å². The molecule has 0 saturated heterocycles. The molecule has 1 aliphatic carbocycles. The Labute approximate surface area is 207 Å². The van der Waals surface area contributed by atoms with Gasteiger partial charge in [0, 0.05) is 0 Å². The number of para-hydroxylation sites is 1. The molecule has 184 valence electrons. The van der Waals surface area contributed by atoms with Crippen LogP contribution in [0.3, 0.4) is 0 Å². The predicted octanol–water partition coefficient (Wildman–Crippen LogP) is 6.44. The third-order valence-corrected chi connectivity index (χ3v) is 6.55. The molecule has 7 rings (SSSR count). The van der Waals surface area contributed by atoms with E-state index in [-0.39, 0.29) is 11.4 Å². The first kappa shape index (κ1) is 26.0. The molecule has 0 saturated carbocycles. The number of rotatable bonds is 1. The quantitative estimate of drug-likeness (QED) is 0.300. The molecule has 5 nitrogen and oxygen atoms in total. The van der Waals surface area contributed by atoms with Gasteiger partial charge < -0.3 is 0 Å². The van der Waals surface area contributed by atoms with E-state index in [0.717, 1.165) is 21.9 Å². The highest BCUT2D eigenvalue weighted by Gasteiger charge is 2.51. The summed E-state index contributed by atoms with van der Waals surface area (Å²) < 4.78 is 4.52. The van der Waals surface area contributed by atoms with E-state index in [0.29, 0.717) is 5.69 Å². The topological polar surface area (TPSA) is 48.9 Å². The second kappa shape index (κ2) is 9.95. The van der Waals surface area contributed by atoms with Gasteiger partial charge in [0.25, 0.3) is 0 Å². The van der Waals surface area contributed by atoms with Gasteiger partial charge in [-0.3, -0.25) is 0 Å². The lowest BCUT2D eigenvalue weighted by molar-refractivity contribution is 0.222. The Morgan fingerprint density at radius 3 is 1.34 bits per heavy atom. The Bertz CT molecular complexity index is 1380. The zero-order chi connectivity index (χ0) is 26.0. The third kappa shape index (κ3) is 3.61. The van der Waals surface area contributed by atoms with E-state index in [9.17, 15) is 9.59 Å². The number of benzene rings is 3. The summed E-state index contributed by atoms with van der Waals surface area (Å²) in [5.74, 6) is 0. The van der Waals surface area contributed by atoms with Gasteiger partial charge in [-0.25, -0.2) is 23.5 Å². The van der Waals surface area contributed by atoms with E-state index in [1.54, 1.807) is 21.5 Å². The highest BCUT2D eigenvalue weighted by Crippen LogP contribution is 2.47. The molecule has 0 N–H and O–H groups in total.